The van der Waals surface area contributed by atoms with Gasteiger partial charge in [-0.3, -0.25) is 28.8 Å². The summed E-state index contributed by atoms with van der Waals surface area (Å²) in [6.07, 6.45) is -18.8. The van der Waals surface area contributed by atoms with Crippen molar-refractivity contribution in [2.75, 3.05) is 78.2 Å². The molecule has 2 atom stereocenters. The van der Waals surface area contributed by atoms with Crippen LogP contribution in [0.5, 0.6) is 0 Å². The molecule has 12 aromatic rings. The van der Waals surface area contributed by atoms with Crippen LogP contribution >= 0.6 is 35.3 Å². The lowest BCUT2D eigenvalue weighted by atomic mass is 9.98. The SMILES string of the molecule is [2H]c1c([2H])c(C(F)(F)F)c([2H])c([2H])c1-c1c([2H])c([2H])c(C([2H])([2H])N(CCN(C([2H])([2H])C)C([2H])([2H])C)C(=O)Cn2c(SCc3ccc(F)cc3)nc(=O)c3c2C([2H])([2H])C([2H])(C)C3([2H])[2H])c([2H])c1[2H].[2H]c1c([2H])c(C([2H])([2H])N(CCN(C([2H])([2H])C)C([2H])([2H])C)C(=O)Cn2c(SCc3ccc(F)cc3)nc(=O)c3c2CCC3)c([2H])c([2H])c1-c1c([2H])c([2H])c(C(F)(F)F)c(C)c1[2H].[2H]c1c([2H])c(CSc2nc(=O)c3c(n2CC(=O)N(CCN(C([2H])([2H])C)C([2H])([2H])C)C([2H])(C)c2ccc(-c4ccc(C(F)(F)F)cc4)cc2)CCC3)c([2H])c([2H])c1F. The van der Waals surface area contributed by atoms with Gasteiger partial charge in [0.15, 0.2) is 15.5 Å². The molecule has 3 heterocycles. The van der Waals surface area contributed by atoms with Gasteiger partial charge in [0.05, 0.1) is 55.6 Å². The van der Waals surface area contributed by atoms with Gasteiger partial charge in [0.25, 0.3) is 16.7 Å². The van der Waals surface area contributed by atoms with Crippen LogP contribution in [0.1, 0.15) is 220 Å². The van der Waals surface area contributed by atoms with Gasteiger partial charge in [-0.05, 0) is 249 Å². The molecule has 0 bridgehead atoms. The molecule has 2 unspecified atom stereocenters. The molecular formula is C111H120F12N12O6S3. The van der Waals surface area contributed by atoms with E-state index in [1.807, 2.05) is 0 Å². The van der Waals surface area contributed by atoms with Crippen LogP contribution in [-0.2, 0) is 121 Å². The van der Waals surface area contributed by atoms with Gasteiger partial charge in [-0.25, -0.2) is 13.2 Å². The number of rotatable bonds is 39. The molecule has 3 aliphatic carbocycles. The van der Waals surface area contributed by atoms with Gasteiger partial charge < -0.3 is 43.1 Å². The number of halogens is 12. The van der Waals surface area contributed by atoms with Gasteiger partial charge >= 0.3 is 18.5 Å². The third-order valence-corrected chi connectivity index (χ3v) is 25.6. The van der Waals surface area contributed by atoms with Gasteiger partial charge in [0.1, 0.15) is 37.1 Å². The maximum absolute atomic E-state index is 14.9. The molecule has 0 aliphatic heterocycles. The molecule has 0 fully saturated rings. The van der Waals surface area contributed by atoms with Crippen LogP contribution in [-0.4, -0.2) is 154 Å². The Bertz CT molecular complexity index is 8780. The molecule has 15 rings (SSSR count). The Labute approximate surface area is 902 Å². The van der Waals surface area contributed by atoms with Crippen molar-refractivity contribution in [3.05, 3.63) is 350 Å². The van der Waals surface area contributed by atoms with E-state index in [2.05, 4.69) is 15.0 Å². The molecule has 33 heteroatoms. The highest BCUT2D eigenvalue weighted by atomic mass is 32.2. The van der Waals surface area contributed by atoms with Gasteiger partial charge in [-0.15, -0.1) is 0 Å². The second-order valence-corrected chi connectivity index (χ2v) is 34.6. The fourth-order valence-corrected chi connectivity index (χ4v) is 17.8. The van der Waals surface area contributed by atoms with E-state index in [9.17, 15) is 88.3 Å². The first-order valence-electron chi connectivity index (χ1n) is 64.8. The second-order valence-electron chi connectivity index (χ2n) is 31.8. The van der Waals surface area contributed by atoms with Crippen LogP contribution in [0.4, 0.5) is 52.7 Å². The summed E-state index contributed by atoms with van der Waals surface area (Å²) in [7, 11) is 0. The van der Waals surface area contributed by atoms with Crippen molar-refractivity contribution in [2.24, 2.45) is 5.89 Å². The van der Waals surface area contributed by atoms with E-state index in [1.165, 1.54) is 76.7 Å². The van der Waals surface area contributed by atoms with Crippen LogP contribution in [0, 0.1) is 30.3 Å². The molecule has 0 N–H and O–H groups in total. The normalized spacial score (nSPS) is 19.9. The van der Waals surface area contributed by atoms with Crippen LogP contribution in [0.3, 0.4) is 0 Å². The summed E-state index contributed by atoms with van der Waals surface area (Å²) in [6, 6.07) is -3.31. The first-order valence-corrected chi connectivity index (χ1v) is 47.2. The first-order chi connectivity index (χ1) is 84.6. The molecule has 0 radical (unpaired) electrons. The third-order valence-electron chi connectivity index (χ3n) is 22.5. The Morgan fingerprint density at radius 3 is 1.22 bits per heavy atom. The number of benzene rings is 9. The van der Waals surface area contributed by atoms with Gasteiger partial charge in [0.2, 0.25) is 17.7 Å². The zero-order valence-electron chi connectivity index (χ0n) is 120. The Morgan fingerprint density at radius 1 is 0.424 bits per heavy atom. The van der Waals surface area contributed by atoms with Gasteiger partial charge in [-0.1, -0.05) is 229 Å². The summed E-state index contributed by atoms with van der Waals surface area (Å²) < 4.78 is 519. The Hall–Kier alpha value is -11.9. The maximum Gasteiger partial charge on any atom is 0.416 e. The van der Waals surface area contributed by atoms with E-state index >= 15 is 0 Å². The van der Waals surface area contributed by atoms with Crippen molar-refractivity contribution in [2.45, 2.75) is 203 Å². The maximum atomic E-state index is 14.9. The van der Waals surface area contributed by atoms with E-state index in [4.69, 9.17) is 49.3 Å². The minimum absolute atomic E-state index is 0.000811. The van der Waals surface area contributed by atoms with Crippen LogP contribution in [0.15, 0.2) is 242 Å². The smallest absolute Gasteiger partial charge is 0.336 e. The fourth-order valence-electron chi connectivity index (χ4n) is 15.0. The summed E-state index contributed by atoms with van der Waals surface area (Å²) in [5.74, 6) is -8.77. The van der Waals surface area contributed by atoms with Crippen molar-refractivity contribution in [3.8, 4) is 33.4 Å². The number of thioether (sulfide) groups is 3. The molecule has 3 amide bonds. The van der Waals surface area contributed by atoms with Crippen LogP contribution < -0.4 is 16.7 Å². The summed E-state index contributed by atoms with van der Waals surface area (Å²) in [5, 5.41) is -0.466. The van der Waals surface area contributed by atoms with E-state index in [0.29, 0.717) is 114 Å². The number of hydrogen-bond donors (Lipinski definition) is 0. The topological polar surface area (TPSA) is 175 Å². The van der Waals surface area contributed by atoms with Crippen molar-refractivity contribution in [1.82, 2.24) is 58.1 Å². The minimum Gasteiger partial charge on any atom is -0.336 e. The minimum atomic E-state index is -5.41. The van der Waals surface area contributed by atoms with Gasteiger partial charge in [0, 0.05) is 127 Å². The number of aromatic nitrogens is 6. The highest BCUT2D eigenvalue weighted by Crippen LogP contribution is 2.39. The second kappa shape index (κ2) is 50.3. The largest absolute Gasteiger partial charge is 0.416 e. The van der Waals surface area contributed by atoms with Gasteiger partial charge in [-0.2, -0.15) is 54.5 Å². The fraction of sp³-hybridized carbons (Fsp3) is 0.378. The molecule has 0 saturated heterocycles. The number of alkyl halides is 9. The average Bonchev–Trinajstić information content (AvgIpc) is 1.52. The predicted octanol–water partition coefficient (Wildman–Crippen LogP) is 22.8. The molecular weight excluding hydrogens is 1920 g/mol. The molecule has 18 nitrogen and oxygen atoms in total. The molecule has 0 saturated carbocycles. The molecule has 144 heavy (non-hydrogen) atoms. The number of amides is 3. The number of nitrogens with zero attached hydrogens (tertiary/aromatic N) is 12. The lowest BCUT2D eigenvalue weighted by molar-refractivity contribution is -0.138. The summed E-state index contributed by atoms with van der Waals surface area (Å²) >= 11 is 2.54. The summed E-state index contributed by atoms with van der Waals surface area (Å²) in [5.41, 5.74) is -12.0. The first kappa shape index (κ1) is 66.3. The average molecular weight is 2080 g/mol. The molecule has 3 aromatic heterocycles. The van der Waals surface area contributed by atoms with Crippen LogP contribution in [0.2, 0.25) is 0 Å². The Balaban J connectivity index is 0.000000225. The Morgan fingerprint density at radius 2 is 0.799 bits per heavy atom. The molecule has 0 spiro atoms. The van der Waals surface area contributed by atoms with Crippen molar-refractivity contribution in [1.29, 1.82) is 0 Å². The van der Waals surface area contributed by atoms with Crippen LogP contribution in [0.25, 0.3) is 33.4 Å². The van der Waals surface area contributed by atoms with Crippen molar-refractivity contribution >= 4 is 53.0 Å². The highest BCUT2D eigenvalue weighted by molar-refractivity contribution is 7.98. The summed E-state index contributed by atoms with van der Waals surface area (Å²) in [6.45, 7) is -18.6. The van der Waals surface area contributed by atoms with Crippen molar-refractivity contribution < 1.29 is 123 Å². The predicted molar refractivity (Wildman–Crippen MR) is 544 cm³/mol. The number of fused-ring (bicyclic) bond motifs is 3. The molecule has 3 aliphatic rings. The Kier molecular flexibility index (Phi) is 23.1. The lowest BCUT2D eigenvalue weighted by Gasteiger charge is -2.33. The summed E-state index contributed by atoms with van der Waals surface area (Å²) in [4.78, 5) is 100. The molecule has 9 aromatic carbocycles. The zero-order chi connectivity index (χ0) is 140. The standard InChI is InChI=1S/3C37H40F4N4O2S/c1-4-43(5-2)18-19-44(22-26-6-10-28(11-7-26)29-12-14-30(15-13-29)37(39,40)41)34(46)23-45-33-21-25(3)20-32(33)35(47)42-36(45)48-24-27-8-16-31(38)17-9-27;1-4-43(5-2)21-22-44(25(3)27-11-13-28(14-12-27)29-15-17-30(18-16-29)37(39,40)41)34(46)23-45-33-8-6-7-32(33)35(47)42-36(45)48-24-26-9-19-31(38)20-10-26;1-4-43(5-2)19-20-44(22-26-9-13-28(14-10-26)29-15-18-32(25(3)21-29)37(39,40)41)34(46)23-45-33-8-6-7-31(33)35(47)42-36(45)48-24-27-11-16-30(38)17-12-27/h6-17,25H,4-5,18-24H2,1-3H3;9-20,25H,4-8,21-24H2,1-3H3;9-18,21H,4-8,19-20,22-24H2,1-3H3/i4D2,5D2,6D,7D,10D,11D,12D,13D,14D,15D,20D2,21D2,22D2,25D;4D2,5D2,9D,10D,19D,20D,25D;4D2,5D2,9D,10D,13D,14D,15D,18D,21D,22D2. The van der Waals surface area contributed by atoms with E-state index < -0.39 is 380 Å². The van der Waals surface area contributed by atoms with E-state index in [-0.39, 0.29) is 56.7 Å². The quantitative estimate of drug-likeness (QED) is 0.0202. The number of carbonyl (C=O) groups excluding carboxylic acids is 3. The van der Waals surface area contributed by atoms with Crippen molar-refractivity contribution in [3.63, 3.8) is 0 Å². The highest BCUT2D eigenvalue weighted by Gasteiger charge is 2.36. The van der Waals surface area contributed by atoms with E-state index in [1.54, 1.807) is 12.1 Å². The zero-order valence-corrected chi connectivity index (χ0v) is 81.0. The number of likely N-dealkylation sites (N-methyl/N-ethyl adjacent to an activating group) is 3. The number of hydrogen-bond acceptors (Lipinski definition) is 15. The monoisotopic (exact) mass is 2080 g/mol. The third kappa shape index (κ3) is 29.1. The molecule has 762 valence electrons. The number of carbonyl (C=O) groups is 3. The lowest BCUT2D eigenvalue weighted by Crippen LogP contribution is -2.42. The van der Waals surface area contributed by atoms with E-state index in [0.717, 1.165) is 113 Å².